The van der Waals surface area contributed by atoms with Crippen LogP contribution in [0.1, 0.15) is 37.6 Å². The average Bonchev–Trinajstić information content (AvgIpc) is 2.99. The molecule has 0 saturated carbocycles. The van der Waals surface area contributed by atoms with Gasteiger partial charge in [-0.05, 0) is 49.8 Å². The zero-order valence-electron chi connectivity index (χ0n) is 11.0. The van der Waals surface area contributed by atoms with Gasteiger partial charge in [0.15, 0.2) is 0 Å². The first kappa shape index (κ1) is 13.1. The molecule has 1 aliphatic rings. The fourth-order valence-corrected chi connectivity index (χ4v) is 3.73. The van der Waals surface area contributed by atoms with Crippen LogP contribution in [-0.2, 0) is 0 Å². The fourth-order valence-electron chi connectivity index (χ4n) is 2.78. The lowest BCUT2D eigenvalue weighted by Gasteiger charge is -2.26. The van der Waals surface area contributed by atoms with Crippen molar-refractivity contribution in [1.82, 2.24) is 10.2 Å². The Morgan fingerprint density at radius 1 is 1.53 bits per heavy atom. The SMILES string of the molecule is CCNCC1CCN(C(CC)c2cccs2)C1. The van der Waals surface area contributed by atoms with Gasteiger partial charge in [-0.2, -0.15) is 0 Å². The zero-order chi connectivity index (χ0) is 12.1. The van der Waals surface area contributed by atoms with Gasteiger partial charge in [-0.1, -0.05) is 19.9 Å². The maximum atomic E-state index is 3.48. The maximum Gasteiger partial charge on any atom is 0.0439 e. The third-order valence-electron chi connectivity index (χ3n) is 3.70. The first-order valence-corrected chi connectivity index (χ1v) is 7.71. The number of nitrogens with one attached hydrogen (secondary N) is 1. The summed E-state index contributed by atoms with van der Waals surface area (Å²) in [6, 6.07) is 5.12. The lowest BCUT2D eigenvalue weighted by atomic mass is 10.1. The highest BCUT2D eigenvalue weighted by Crippen LogP contribution is 2.32. The molecule has 2 rings (SSSR count). The fraction of sp³-hybridized carbons (Fsp3) is 0.714. The summed E-state index contributed by atoms with van der Waals surface area (Å²) in [5, 5.41) is 5.68. The molecule has 96 valence electrons. The number of rotatable bonds is 6. The van der Waals surface area contributed by atoms with Gasteiger partial charge >= 0.3 is 0 Å². The Kier molecular flexibility index (Phi) is 5.01. The predicted molar refractivity (Wildman–Crippen MR) is 75.6 cm³/mol. The second-order valence-electron chi connectivity index (χ2n) is 4.90. The summed E-state index contributed by atoms with van der Waals surface area (Å²) < 4.78 is 0. The molecule has 1 saturated heterocycles. The third kappa shape index (κ3) is 3.30. The molecule has 1 fully saturated rings. The number of hydrogen-bond acceptors (Lipinski definition) is 3. The highest BCUT2D eigenvalue weighted by molar-refractivity contribution is 7.10. The van der Waals surface area contributed by atoms with Gasteiger partial charge in [0, 0.05) is 17.5 Å². The topological polar surface area (TPSA) is 15.3 Å². The molecule has 2 atom stereocenters. The molecule has 1 aromatic rings. The minimum atomic E-state index is 0.654. The molecule has 1 aliphatic heterocycles. The molecule has 17 heavy (non-hydrogen) atoms. The molecule has 2 unspecified atom stereocenters. The Bertz CT molecular complexity index is 310. The van der Waals surface area contributed by atoms with Crippen LogP contribution in [0.2, 0.25) is 0 Å². The molecule has 0 radical (unpaired) electrons. The van der Waals surface area contributed by atoms with E-state index in [4.69, 9.17) is 0 Å². The summed E-state index contributed by atoms with van der Waals surface area (Å²) in [7, 11) is 0. The molecule has 0 amide bonds. The van der Waals surface area contributed by atoms with Crippen molar-refractivity contribution in [3.63, 3.8) is 0 Å². The zero-order valence-corrected chi connectivity index (χ0v) is 11.8. The second-order valence-corrected chi connectivity index (χ2v) is 5.88. The summed E-state index contributed by atoms with van der Waals surface area (Å²) >= 11 is 1.90. The molecule has 1 aromatic heterocycles. The first-order valence-electron chi connectivity index (χ1n) is 6.83. The van der Waals surface area contributed by atoms with E-state index in [1.165, 1.54) is 37.4 Å². The largest absolute Gasteiger partial charge is 0.317 e. The van der Waals surface area contributed by atoms with Crippen LogP contribution in [0.5, 0.6) is 0 Å². The molecule has 2 heterocycles. The van der Waals surface area contributed by atoms with Gasteiger partial charge in [-0.25, -0.2) is 0 Å². The highest BCUT2D eigenvalue weighted by Gasteiger charge is 2.28. The van der Waals surface area contributed by atoms with Crippen LogP contribution in [0, 0.1) is 5.92 Å². The van der Waals surface area contributed by atoms with E-state index < -0.39 is 0 Å². The summed E-state index contributed by atoms with van der Waals surface area (Å²) in [5.74, 6) is 0.851. The molecule has 0 spiro atoms. The monoisotopic (exact) mass is 252 g/mol. The Morgan fingerprint density at radius 3 is 3.06 bits per heavy atom. The van der Waals surface area contributed by atoms with Gasteiger partial charge in [-0.15, -0.1) is 11.3 Å². The van der Waals surface area contributed by atoms with E-state index in [-0.39, 0.29) is 0 Å². The van der Waals surface area contributed by atoms with Crippen LogP contribution in [0.25, 0.3) is 0 Å². The van der Waals surface area contributed by atoms with Crippen LogP contribution in [0.4, 0.5) is 0 Å². The van der Waals surface area contributed by atoms with Crippen LogP contribution in [-0.4, -0.2) is 31.1 Å². The van der Waals surface area contributed by atoms with Gasteiger partial charge < -0.3 is 5.32 Å². The van der Waals surface area contributed by atoms with E-state index in [1.54, 1.807) is 0 Å². The minimum absolute atomic E-state index is 0.654. The smallest absolute Gasteiger partial charge is 0.0439 e. The quantitative estimate of drug-likeness (QED) is 0.837. The maximum absolute atomic E-state index is 3.48. The molecule has 0 bridgehead atoms. The summed E-state index contributed by atoms with van der Waals surface area (Å²) in [4.78, 5) is 4.21. The molecule has 0 aromatic carbocycles. The Labute approximate surface area is 109 Å². The van der Waals surface area contributed by atoms with E-state index in [2.05, 4.69) is 41.6 Å². The van der Waals surface area contributed by atoms with Gasteiger partial charge in [0.05, 0.1) is 0 Å². The Balaban J connectivity index is 1.90. The third-order valence-corrected chi connectivity index (χ3v) is 4.67. The Morgan fingerprint density at radius 2 is 2.41 bits per heavy atom. The lowest BCUT2D eigenvalue weighted by molar-refractivity contribution is 0.233. The summed E-state index contributed by atoms with van der Waals surface area (Å²) in [5.41, 5.74) is 0. The number of nitrogens with zero attached hydrogens (tertiary/aromatic N) is 1. The first-order chi connectivity index (χ1) is 8.35. The standard InChI is InChI=1S/C14H24N2S/c1-3-13(14-6-5-9-17-14)16-8-7-12(11-16)10-15-4-2/h5-6,9,12-13,15H,3-4,7-8,10-11H2,1-2H3. The molecular weight excluding hydrogens is 228 g/mol. The van der Waals surface area contributed by atoms with Crippen molar-refractivity contribution in [3.8, 4) is 0 Å². The van der Waals surface area contributed by atoms with E-state index in [0.717, 1.165) is 12.5 Å². The molecule has 1 N–H and O–H groups in total. The van der Waals surface area contributed by atoms with E-state index in [9.17, 15) is 0 Å². The number of likely N-dealkylation sites (tertiary alicyclic amines) is 1. The Hall–Kier alpha value is -0.380. The van der Waals surface area contributed by atoms with E-state index >= 15 is 0 Å². The summed E-state index contributed by atoms with van der Waals surface area (Å²) in [6.45, 7) is 9.32. The lowest BCUT2D eigenvalue weighted by Crippen LogP contribution is -2.28. The molecular formula is C14H24N2S. The van der Waals surface area contributed by atoms with Crippen LogP contribution in [0.3, 0.4) is 0 Å². The van der Waals surface area contributed by atoms with Crippen molar-refractivity contribution in [2.75, 3.05) is 26.2 Å². The van der Waals surface area contributed by atoms with Crippen molar-refractivity contribution in [2.24, 2.45) is 5.92 Å². The van der Waals surface area contributed by atoms with Gasteiger partial charge in [0.1, 0.15) is 0 Å². The van der Waals surface area contributed by atoms with Crippen molar-refractivity contribution >= 4 is 11.3 Å². The minimum Gasteiger partial charge on any atom is -0.317 e. The van der Waals surface area contributed by atoms with Gasteiger partial charge in [0.2, 0.25) is 0 Å². The van der Waals surface area contributed by atoms with Crippen molar-refractivity contribution in [2.45, 2.75) is 32.7 Å². The second kappa shape index (κ2) is 6.53. The average molecular weight is 252 g/mol. The molecule has 2 nitrogen and oxygen atoms in total. The number of hydrogen-bond donors (Lipinski definition) is 1. The highest BCUT2D eigenvalue weighted by atomic mass is 32.1. The van der Waals surface area contributed by atoms with E-state index in [1.807, 2.05) is 11.3 Å². The molecule has 3 heteroatoms. The van der Waals surface area contributed by atoms with Crippen LogP contribution < -0.4 is 5.32 Å². The predicted octanol–water partition coefficient (Wildman–Crippen LogP) is 3.13. The van der Waals surface area contributed by atoms with Crippen LogP contribution >= 0.6 is 11.3 Å². The van der Waals surface area contributed by atoms with Crippen molar-refractivity contribution < 1.29 is 0 Å². The van der Waals surface area contributed by atoms with Crippen molar-refractivity contribution in [3.05, 3.63) is 22.4 Å². The van der Waals surface area contributed by atoms with E-state index in [0.29, 0.717) is 6.04 Å². The molecule has 0 aliphatic carbocycles. The van der Waals surface area contributed by atoms with Crippen molar-refractivity contribution in [1.29, 1.82) is 0 Å². The normalized spacial score (nSPS) is 23.1. The van der Waals surface area contributed by atoms with Gasteiger partial charge in [0.25, 0.3) is 0 Å². The number of thiophene rings is 1. The van der Waals surface area contributed by atoms with Crippen LogP contribution in [0.15, 0.2) is 17.5 Å². The van der Waals surface area contributed by atoms with Gasteiger partial charge in [-0.3, -0.25) is 4.90 Å². The summed E-state index contributed by atoms with van der Waals surface area (Å²) in [6.07, 6.45) is 2.59.